The molecule has 1 aliphatic heterocycles. The quantitative estimate of drug-likeness (QED) is 0.806. The molecule has 1 amide bonds. The number of benzene rings is 2. The fourth-order valence-corrected chi connectivity index (χ4v) is 2.61. The summed E-state index contributed by atoms with van der Waals surface area (Å²) in [4.78, 5) is 12.0. The van der Waals surface area contributed by atoms with Crippen molar-refractivity contribution in [3.8, 4) is 0 Å². The zero-order valence-corrected chi connectivity index (χ0v) is 11.8. The largest absolute Gasteiger partial charge is 0.387 e. The summed E-state index contributed by atoms with van der Waals surface area (Å²) in [5, 5.41) is 16.2. The van der Waals surface area contributed by atoms with Crippen molar-refractivity contribution in [2.24, 2.45) is 0 Å². The summed E-state index contributed by atoms with van der Waals surface area (Å²) in [5.41, 5.74) is 3.74. The van der Waals surface area contributed by atoms with Gasteiger partial charge in [0.1, 0.15) is 6.04 Å². The van der Waals surface area contributed by atoms with E-state index in [1.54, 1.807) is 0 Å². The number of amides is 1. The van der Waals surface area contributed by atoms with E-state index >= 15 is 0 Å². The first-order valence-electron chi connectivity index (χ1n) is 7.03. The number of anilines is 1. The molecule has 0 saturated carbocycles. The van der Waals surface area contributed by atoms with Gasteiger partial charge in [-0.25, -0.2) is 0 Å². The summed E-state index contributed by atoms with van der Waals surface area (Å²) >= 11 is 0. The van der Waals surface area contributed by atoms with Crippen molar-refractivity contribution in [2.75, 3.05) is 11.9 Å². The molecule has 0 radical (unpaired) electrons. The number of carbonyl (C=O) groups excluding carboxylic acids is 1. The maximum atomic E-state index is 12.0. The van der Waals surface area contributed by atoms with Gasteiger partial charge in [0.15, 0.2) is 0 Å². The van der Waals surface area contributed by atoms with Gasteiger partial charge < -0.3 is 10.4 Å². The minimum Gasteiger partial charge on any atom is -0.387 e. The predicted octanol–water partition coefficient (Wildman–Crippen LogP) is 2.31. The van der Waals surface area contributed by atoms with Crippen molar-refractivity contribution >= 4 is 11.6 Å². The van der Waals surface area contributed by atoms with Gasteiger partial charge in [0.25, 0.3) is 0 Å². The Bertz CT molecular complexity index is 655. The van der Waals surface area contributed by atoms with Gasteiger partial charge in [-0.05, 0) is 18.6 Å². The van der Waals surface area contributed by atoms with E-state index in [0.717, 1.165) is 22.4 Å². The molecule has 2 aromatic carbocycles. The van der Waals surface area contributed by atoms with Gasteiger partial charge in [0.05, 0.1) is 6.10 Å². The van der Waals surface area contributed by atoms with Gasteiger partial charge in [0, 0.05) is 17.8 Å². The number of hydrogen-bond acceptors (Lipinski definition) is 3. The second-order valence-corrected chi connectivity index (χ2v) is 5.35. The Morgan fingerprint density at radius 2 is 2.00 bits per heavy atom. The molecule has 0 aliphatic carbocycles. The van der Waals surface area contributed by atoms with Crippen LogP contribution in [0.25, 0.3) is 0 Å². The molecule has 0 bridgehead atoms. The lowest BCUT2D eigenvalue weighted by Gasteiger charge is -2.16. The minimum absolute atomic E-state index is 0.0733. The molecule has 0 saturated heterocycles. The number of aliphatic hydroxyl groups is 1. The molecule has 4 nitrogen and oxygen atoms in total. The zero-order valence-electron chi connectivity index (χ0n) is 11.8. The molecule has 3 rings (SSSR count). The number of carbonyl (C=O) groups is 1. The van der Waals surface area contributed by atoms with E-state index in [1.807, 2.05) is 55.5 Å². The lowest BCUT2D eigenvalue weighted by Crippen LogP contribution is -2.31. The standard InChI is InChI=1S/C17H18N2O2/c1-11-7-8-14-13(9-11)16(17(21)19-14)18-10-15(20)12-5-3-2-4-6-12/h2-9,15-16,18,20H,10H2,1H3,(H,19,21). The van der Waals surface area contributed by atoms with Crippen molar-refractivity contribution in [1.29, 1.82) is 0 Å². The Morgan fingerprint density at radius 3 is 2.76 bits per heavy atom. The number of rotatable bonds is 4. The summed E-state index contributed by atoms with van der Waals surface area (Å²) in [7, 11) is 0. The van der Waals surface area contributed by atoms with Crippen molar-refractivity contribution in [2.45, 2.75) is 19.1 Å². The Morgan fingerprint density at radius 1 is 1.24 bits per heavy atom. The third kappa shape index (κ3) is 2.82. The van der Waals surface area contributed by atoms with Crippen molar-refractivity contribution in [1.82, 2.24) is 5.32 Å². The summed E-state index contributed by atoms with van der Waals surface area (Å²) in [6.45, 7) is 2.33. The number of fused-ring (bicyclic) bond motifs is 1. The fourth-order valence-electron chi connectivity index (χ4n) is 2.61. The molecule has 2 atom stereocenters. The van der Waals surface area contributed by atoms with Crippen molar-refractivity contribution in [3.63, 3.8) is 0 Å². The molecule has 4 heteroatoms. The van der Waals surface area contributed by atoms with Crippen molar-refractivity contribution < 1.29 is 9.90 Å². The molecular weight excluding hydrogens is 264 g/mol. The molecule has 3 N–H and O–H groups in total. The molecule has 1 aliphatic rings. The van der Waals surface area contributed by atoms with Crippen LogP contribution in [0.4, 0.5) is 5.69 Å². The van der Waals surface area contributed by atoms with Gasteiger partial charge >= 0.3 is 0 Å². The third-order valence-corrected chi connectivity index (χ3v) is 3.74. The smallest absolute Gasteiger partial charge is 0.246 e. The highest BCUT2D eigenvalue weighted by Gasteiger charge is 2.30. The maximum absolute atomic E-state index is 12.0. The molecule has 108 valence electrons. The Labute approximate surface area is 123 Å². The highest BCUT2D eigenvalue weighted by atomic mass is 16.3. The normalized spacial score (nSPS) is 18.2. The van der Waals surface area contributed by atoms with Crippen LogP contribution >= 0.6 is 0 Å². The van der Waals surface area contributed by atoms with Crippen LogP contribution in [-0.2, 0) is 4.79 Å². The molecule has 1 heterocycles. The van der Waals surface area contributed by atoms with E-state index in [4.69, 9.17) is 0 Å². The average Bonchev–Trinajstić information content (AvgIpc) is 2.80. The van der Waals surface area contributed by atoms with Crippen LogP contribution in [0, 0.1) is 6.92 Å². The second kappa shape index (κ2) is 5.68. The van der Waals surface area contributed by atoms with Gasteiger partial charge in [-0.3, -0.25) is 10.1 Å². The van der Waals surface area contributed by atoms with E-state index in [9.17, 15) is 9.90 Å². The Kier molecular flexibility index (Phi) is 3.73. The Hall–Kier alpha value is -2.17. The lowest BCUT2D eigenvalue weighted by molar-refractivity contribution is -0.117. The fraction of sp³-hybridized carbons (Fsp3) is 0.235. The minimum atomic E-state index is -0.632. The zero-order chi connectivity index (χ0) is 14.8. The lowest BCUT2D eigenvalue weighted by atomic mass is 10.0. The summed E-state index contributed by atoms with van der Waals surface area (Å²) in [6, 6.07) is 14.9. The van der Waals surface area contributed by atoms with Crippen LogP contribution in [0.2, 0.25) is 0 Å². The highest BCUT2D eigenvalue weighted by molar-refractivity contribution is 6.02. The third-order valence-electron chi connectivity index (χ3n) is 3.74. The molecule has 2 unspecified atom stereocenters. The molecule has 2 aromatic rings. The molecule has 0 aromatic heterocycles. The van der Waals surface area contributed by atoms with Gasteiger partial charge in [-0.15, -0.1) is 0 Å². The number of hydrogen-bond donors (Lipinski definition) is 3. The van der Waals surface area contributed by atoms with E-state index in [-0.39, 0.29) is 5.91 Å². The first-order chi connectivity index (χ1) is 10.1. The van der Waals surface area contributed by atoms with Crippen LogP contribution in [0.3, 0.4) is 0 Å². The van der Waals surface area contributed by atoms with Crippen LogP contribution in [0.15, 0.2) is 48.5 Å². The van der Waals surface area contributed by atoms with E-state index in [2.05, 4.69) is 10.6 Å². The SMILES string of the molecule is Cc1ccc2c(c1)C(NCC(O)c1ccccc1)C(=O)N2. The highest BCUT2D eigenvalue weighted by Crippen LogP contribution is 2.31. The topological polar surface area (TPSA) is 61.4 Å². The molecular formula is C17H18N2O2. The second-order valence-electron chi connectivity index (χ2n) is 5.35. The maximum Gasteiger partial charge on any atom is 0.246 e. The van der Waals surface area contributed by atoms with Crippen LogP contribution in [0.1, 0.15) is 28.8 Å². The average molecular weight is 282 g/mol. The van der Waals surface area contributed by atoms with E-state index in [1.165, 1.54) is 0 Å². The first-order valence-corrected chi connectivity index (χ1v) is 7.03. The van der Waals surface area contributed by atoms with Gasteiger partial charge in [0.2, 0.25) is 5.91 Å². The number of aliphatic hydroxyl groups excluding tert-OH is 1. The van der Waals surface area contributed by atoms with Crippen LogP contribution in [-0.4, -0.2) is 17.6 Å². The molecule has 0 fully saturated rings. The Balaban J connectivity index is 1.72. The van der Waals surface area contributed by atoms with Crippen LogP contribution < -0.4 is 10.6 Å². The summed E-state index contributed by atoms with van der Waals surface area (Å²) in [5.74, 6) is -0.0733. The molecule has 21 heavy (non-hydrogen) atoms. The van der Waals surface area contributed by atoms with E-state index < -0.39 is 12.1 Å². The first kappa shape index (κ1) is 13.8. The monoisotopic (exact) mass is 282 g/mol. The van der Waals surface area contributed by atoms with Gasteiger partial charge in [-0.2, -0.15) is 0 Å². The van der Waals surface area contributed by atoms with Gasteiger partial charge in [-0.1, -0.05) is 48.0 Å². The number of aryl methyl sites for hydroxylation is 1. The van der Waals surface area contributed by atoms with Crippen molar-refractivity contribution in [3.05, 3.63) is 65.2 Å². The van der Waals surface area contributed by atoms with E-state index in [0.29, 0.717) is 6.54 Å². The van der Waals surface area contributed by atoms with Crippen LogP contribution in [0.5, 0.6) is 0 Å². The summed E-state index contributed by atoms with van der Waals surface area (Å²) in [6.07, 6.45) is -0.632. The predicted molar refractivity (Wildman–Crippen MR) is 82.0 cm³/mol. The number of nitrogens with one attached hydrogen (secondary N) is 2. The molecule has 0 spiro atoms. The summed E-state index contributed by atoms with van der Waals surface area (Å²) < 4.78 is 0.